The minimum absolute atomic E-state index is 0.381. The van der Waals surface area contributed by atoms with Crippen molar-refractivity contribution in [1.82, 2.24) is 5.16 Å². The van der Waals surface area contributed by atoms with Gasteiger partial charge in [0.2, 0.25) is 0 Å². The lowest BCUT2D eigenvalue weighted by molar-refractivity contribution is 0.00578. The number of aromatic nitrogens is 1. The number of unbranched alkanes of at least 4 members (excludes halogenated alkanes) is 2. The molecule has 0 aromatic carbocycles. The maximum Gasteiger partial charge on any atom is 0.503 e. The van der Waals surface area contributed by atoms with Gasteiger partial charge in [-0.15, -0.1) is 0 Å². The van der Waals surface area contributed by atoms with E-state index in [1.165, 1.54) is 6.26 Å². The van der Waals surface area contributed by atoms with E-state index in [0.717, 1.165) is 24.7 Å². The molecule has 0 atom stereocenters. The second kappa shape index (κ2) is 5.78. The second-order valence-electron chi connectivity index (χ2n) is 6.22. The van der Waals surface area contributed by atoms with Crippen LogP contribution in [0.4, 0.5) is 0 Å². The SMILES string of the molecule is CCCCCOc1nocc1B1OC(C)(C)C(C)(C)O1. The number of hydrogen-bond acceptors (Lipinski definition) is 5. The van der Waals surface area contributed by atoms with Crippen LogP contribution >= 0.6 is 0 Å². The molecule has 1 aromatic rings. The van der Waals surface area contributed by atoms with Crippen molar-refractivity contribution < 1.29 is 18.6 Å². The van der Waals surface area contributed by atoms with Crippen LogP contribution in [-0.2, 0) is 9.31 Å². The predicted octanol–water partition coefficient (Wildman–Crippen LogP) is 2.54. The highest BCUT2D eigenvalue weighted by Gasteiger charge is 2.53. The average molecular weight is 281 g/mol. The first kappa shape index (κ1) is 15.4. The second-order valence-corrected chi connectivity index (χ2v) is 6.22. The van der Waals surface area contributed by atoms with Crippen LogP contribution < -0.4 is 10.2 Å². The maximum atomic E-state index is 5.97. The maximum absolute atomic E-state index is 5.97. The number of rotatable bonds is 6. The fraction of sp³-hybridized carbons (Fsp3) is 0.786. The Bertz CT molecular complexity index is 428. The molecule has 0 bridgehead atoms. The topological polar surface area (TPSA) is 53.7 Å². The van der Waals surface area contributed by atoms with Gasteiger partial charge < -0.3 is 18.6 Å². The van der Waals surface area contributed by atoms with E-state index in [9.17, 15) is 0 Å². The summed E-state index contributed by atoms with van der Waals surface area (Å²) >= 11 is 0. The highest BCUT2D eigenvalue weighted by atomic mass is 16.7. The molecular formula is C14H24BNO4. The molecule has 1 aliphatic rings. The van der Waals surface area contributed by atoms with E-state index in [4.69, 9.17) is 18.6 Å². The zero-order chi connectivity index (χ0) is 14.8. The molecule has 0 N–H and O–H groups in total. The number of ether oxygens (including phenoxy) is 1. The highest BCUT2D eigenvalue weighted by molar-refractivity contribution is 6.62. The Balaban J connectivity index is 2.02. The van der Waals surface area contributed by atoms with Crippen molar-refractivity contribution in [2.45, 2.75) is 65.1 Å². The number of nitrogens with zero attached hydrogens (tertiary/aromatic N) is 1. The van der Waals surface area contributed by atoms with E-state index >= 15 is 0 Å². The smallest absolute Gasteiger partial charge is 0.476 e. The largest absolute Gasteiger partial charge is 0.503 e. The van der Waals surface area contributed by atoms with E-state index in [1.54, 1.807) is 0 Å². The van der Waals surface area contributed by atoms with Crippen LogP contribution in [0, 0.1) is 0 Å². The summed E-state index contributed by atoms with van der Waals surface area (Å²) in [6.45, 7) is 10.9. The Morgan fingerprint density at radius 2 is 1.80 bits per heavy atom. The van der Waals surface area contributed by atoms with Gasteiger partial charge in [0.15, 0.2) is 0 Å². The molecule has 20 heavy (non-hydrogen) atoms. The minimum Gasteiger partial charge on any atom is -0.476 e. The van der Waals surface area contributed by atoms with Crippen molar-refractivity contribution in [3.63, 3.8) is 0 Å². The summed E-state index contributed by atoms with van der Waals surface area (Å²) in [7, 11) is -0.493. The van der Waals surface area contributed by atoms with Crippen molar-refractivity contribution >= 4 is 12.6 Å². The molecule has 1 saturated heterocycles. The summed E-state index contributed by atoms with van der Waals surface area (Å²) in [5, 5.41) is 3.90. The lowest BCUT2D eigenvalue weighted by Crippen LogP contribution is -2.41. The molecule has 1 aliphatic heterocycles. The predicted molar refractivity (Wildman–Crippen MR) is 77.2 cm³/mol. The fourth-order valence-corrected chi connectivity index (χ4v) is 1.99. The Morgan fingerprint density at radius 1 is 1.15 bits per heavy atom. The molecule has 6 heteroatoms. The van der Waals surface area contributed by atoms with Gasteiger partial charge in [-0.2, -0.15) is 0 Å². The van der Waals surface area contributed by atoms with Crippen molar-refractivity contribution in [2.75, 3.05) is 6.61 Å². The zero-order valence-electron chi connectivity index (χ0n) is 13.1. The molecule has 1 fully saturated rings. The van der Waals surface area contributed by atoms with Crippen LogP contribution in [0.2, 0.25) is 0 Å². The summed E-state index contributed by atoms with van der Waals surface area (Å²) in [4.78, 5) is 0. The van der Waals surface area contributed by atoms with Gasteiger partial charge in [-0.05, 0) is 39.3 Å². The third kappa shape index (κ3) is 3.01. The zero-order valence-corrected chi connectivity index (χ0v) is 13.1. The van der Waals surface area contributed by atoms with Gasteiger partial charge in [-0.25, -0.2) is 0 Å². The van der Waals surface area contributed by atoms with Gasteiger partial charge in [0, 0.05) is 0 Å². The molecule has 2 rings (SSSR count). The molecule has 1 aromatic heterocycles. The Kier molecular flexibility index (Phi) is 4.44. The van der Waals surface area contributed by atoms with E-state index in [0.29, 0.717) is 12.5 Å². The summed E-state index contributed by atoms with van der Waals surface area (Å²) in [5.74, 6) is 0.472. The molecule has 112 valence electrons. The van der Waals surface area contributed by atoms with Crippen molar-refractivity contribution in [2.24, 2.45) is 0 Å². The van der Waals surface area contributed by atoms with Crippen molar-refractivity contribution in [3.05, 3.63) is 6.26 Å². The van der Waals surface area contributed by atoms with E-state index in [2.05, 4.69) is 12.1 Å². The van der Waals surface area contributed by atoms with E-state index in [1.807, 2.05) is 27.7 Å². The fourth-order valence-electron chi connectivity index (χ4n) is 1.99. The Morgan fingerprint density at radius 3 is 2.40 bits per heavy atom. The lowest BCUT2D eigenvalue weighted by atomic mass is 9.81. The van der Waals surface area contributed by atoms with Crippen LogP contribution in [0.15, 0.2) is 10.8 Å². The number of hydrogen-bond donors (Lipinski definition) is 0. The summed E-state index contributed by atoms with van der Waals surface area (Å²) in [6.07, 6.45) is 4.85. The molecular weight excluding hydrogens is 257 g/mol. The van der Waals surface area contributed by atoms with Gasteiger partial charge >= 0.3 is 7.12 Å². The molecule has 0 saturated carbocycles. The Labute approximate surface area is 121 Å². The van der Waals surface area contributed by atoms with Gasteiger partial charge in [-0.1, -0.05) is 19.8 Å². The van der Waals surface area contributed by atoms with Crippen LogP contribution in [0.25, 0.3) is 0 Å². The molecule has 0 radical (unpaired) electrons. The van der Waals surface area contributed by atoms with Crippen LogP contribution in [-0.4, -0.2) is 30.1 Å². The molecule has 0 amide bonds. The lowest BCUT2D eigenvalue weighted by Gasteiger charge is -2.32. The van der Waals surface area contributed by atoms with E-state index in [-0.39, 0.29) is 11.2 Å². The van der Waals surface area contributed by atoms with Gasteiger partial charge in [-0.3, -0.25) is 0 Å². The van der Waals surface area contributed by atoms with Crippen molar-refractivity contribution in [1.29, 1.82) is 0 Å². The Hall–Kier alpha value is -1.01. The molecule has 0 aliphatic carbocycles. The van der Waals surface area contributed by atoms with Crippen LogP contribution in [0.1, 0.15) is 53.9 Å². The summed E-state index contributed by atoms with van der Waals surface area (Å²) < 4.78 is 22.6. The third-order valence-corrected chi connectivity index (χ3v) is 4.06. The summed E-state index contributed by atoms with van der Waals surface area (Å²) in [6, 6.07) is 0. The highest BCUT2D eigenvalue weighted by Crippen LogP contribution is 2.37. The van der Waals surface area contributed by atoms with E-state index < -0.39 is 7.12 Å². The van der Waals surface area contributed by atoms with Gasteiger partial charge in [0.1, 0.15) is 6.26 Å². The quantitative estimate of drug-likeness (QED) is 0.592. The first-order valence-electron chi connectivity index (χ1n) is 7.30. The molecule has 5 nitrogen and oxygen atoms in total. The third-order valence-electron chi connectivity index (χ3n) is 4.06. The molecule has 0 unspecified atom stereocenters. The molecule has 2 heterocycles. The summed E-state index contributed by atoms with van der Waals surface area (Å²) in [5.41, 5.74) is -0.0387. The molecule has 0 spiro atoms. The van der Waals surface area contributed by atoms with Crippen LogP contribution in [0.5, 0.6) is 5.88 Å². The first-order valence-corrected chi connectivity index (χ1v) is 7.30. The normalized spacial score (nSPS) is 20.4. The standard InChI is InChI=1S/C14H24BNO4/c1-6-7-8-9-17-12-11(10-18-16-12)15-19-13(2,3)14(4,5)20-15/h10H,6-9H2,1-5H3. The van der Waals surface area contributed by atoms with Crippen LogP contribution in [0.3, 0.4) is 0 Å². The first-order chi connectivity index (χ1) is 9.37. The van der Waals surface area contributed by atoms with Crippen molar-refractivity contribution in [3.8, 4) is 5.88 Å². The monoisotopic (exact) mass is 281 g/mol. The average Bonchev–Trinajstić information content (AvgIpc) is 2.88. The van der Waals surface area contributed by atoms with Gasteiger partial charge in [0.05, 0.1) is 23.3 Å². The van der Waals surface area contributed by atoms with Gasteiger partial charge in [0.25, 0.3) is 5.88 Å². The minimum atomic E-state index is -0.493.